The van der Waals surface area contributed by atoms with E-state index < -0.39 is 29.0 Å². The fourth-order valence-electron chi connectivity index (χ4n) is 2.05. The second-order valence-corrected chi connectivity index (χ2v) is 6.50. The molecule has 19 heavy (non-hydrogen) atoms. The monoisotopic (exact) mass is 271 g/mol. The lowest BCUT2D eigenvalue weighted by Crippen LogP contribution is -2.56. The summed E-state index contributed by atoms with van der Waals surface area (Å²) in [5, 5.41) is 9.07. The molecule has 0 aliphatic carbocycles. The van der Waals surface area contributed by atoms with Gasteiger partial charge in [-0.1, -0.05) is 13.8 Å². The molecule has 1 rings (SSSR count). The standard InChI is InChI=1S/C13H21NO5/c1-12(2,3)19-11(18)14-6-8(10(16)17)9(15)13(4,5)7-14/h8H,6-7H2,1-5H3,(H,16,17). The highest BCUT2D eigenvalue weighted by molar-refractivity contribution is 6.02. The third-order valence-corrected chi connectivity index (χ3v) is 2.92. The third-order valence-electron chi connectivity index (χ3n) is 2.92. The minimum absolute atomic E-state index is 0.132. The molecule has 1 saturated heterocycles. The van der Waals surface area contributed by atoms with E-state index in [0.717, 1.165) is 0 Å². The maximum atomic E-state index is 12.0. The van der Waals surface area contributed by atoms with Gasteiger partial charge in [-0.25, -0.2) is 4.79 Å². The number of carbonyl (C=O) groups is 3. The summed E-state index contributed by atoms with van der Waals surface area (Å²) in [6.45, 7) is 8.53. The van der Waals surface area contributed by atoms with Gasteiger partial charge >= 0.3 is 12.1 Å². The zero-order chi connectivity index (χ0) is 15.0. The number of hydrogen-bond donors (Lipinski definition) is 1. The maximum absolute atomic E-state index is 12.0. The van der Waals surface area contributed by atoms with Crippen molar-refractivity contribution < 1.29 is 24.2 Å². The van der Waals surface area contributed by atoms with Crippen molar-refractivity contribution in [2.75, 3.05) is 13.1 Å². The highest BCUT2D eigenvalue weighted by Gasteiger charge is 2.46. The summed E-state index contributed by atoms with van der Waals surface area (Å²) in [4.78, 5) is 36.4. The quantitative estimate of drug-likeness (QED) is 0.731. The molecule has 1 fully saturated rings. The Kier molecular flexibility index (Phi) is 3.93. The van der Waals surface area contributed by atoms with Crippen LogP contribution >= 0.6 is 0 Å². The largest absolute Gasteiger partial charge is 0.481 e. The zero-order valence-corrected chi connectivity index (χ0v) is 12.0. The number of nitrogens with zero attached hydrogens (tertiary/aromatic N) is 1. The van der Waals surface area contributed by atoms with Crippen LogP contribution in [-0.2, 0) is 14.3 Å². The van der Waals surface area contributed by atoms with Crippen LogP contribution in [0.4, 0.5) is 4.79 Å². The third kappa shape index (κ3) is 3.68. The maximum Gasteiger partial charge on any atom is 0.410 e. The average molecular weight is 271 g/mol. The fourth-order valence-corrected chi connectivity index (χ4v) is 2.05. The molecule has 1 unspecified atom stereocenters. The molecule has 0 aromatic carbocycles. The Morgan fingerprint density at radius 1 is 1.37 bits per heavy atom. The molecule has 0 aromatic heterocycles. The lowest BCUT2D eigenvalue weighted by atomic mass is 9.77. The molecule has 6 nitrogen and oxygen atoms in total. The van der Waals surface area contributed by atoms with Crippen molar-refractivity contribution in [3.8, 4) is 0 Å². The molecule has 0 bridgehead atoms. The second kappa shape index (κ2) is 4.83. The fraction of sp³-hybridized carbons (Fsp3) is 0.769. The highest BCUT2D eigenvalue weighted by Crippen LogP contribution is 2.30. The number of aliphatic carboxylic acids is 1. The van der Waals surface area contributed by atoms with E-state index in [0.29, 0.717) is 0 Å². The minimum Gasteiger partial charge on any atom is -0.481 e. The molecule has 1 heterocycles. The number of carboxylic acid groups (broad SMARTS) is 1. The van der Waals surface area contributed by atoms with Gasteiger partial charge in [-0.2, -0.15) is 0 Å². The van der Waals surface area contributed by atoms with Gasteiger partial charge in [0.25, 0.3) is 0 Å². The first-order valence-electron chi connectivity index (χ1n) is 6.19. The van der Waals surface area contributed by atoms with Crippen LogP contribution in [0.25, 0.3) is 0 Å². The summed E-state index contributed by atoms with van der Waals surface area (Å²) in [5.41, 5.74) is -1.53. The van der Waals surface area contributed by atoms with Crippen molar-refractivity contribution in [2.45, 2.75) is 40.2 Å². The van der Waals surface area contributed by atoms with E-state index in [1.54, 1.807) is 34.6 Å². The number of carboxylic acids is 1. The zero-order valence-electron chi connectivity index (χ0n) is 12.0. The van der Waals surface area contributed by atoms with Crippen LogP contribution in [0, 0.1) is 11.3 Å². The molecule has 0 saturated carbocycles. The Labute approximate surface area is 112 Å². The Morgan fingerprint density at radius 3 is 2.32 bits per heavy atom. The van der Waals surface area contributed by atoms with Gasteiger partial charge in [0.15, 0.2) is 5.78 Å². The number of rotatable bonds is 1. The van der Waals surface area contributed by atoms with Crippen LogP contribution in [0.2, 0.25) is 0 Å². The van der Waals surface area contributed by atoms with Gasteiger partial charge < -0.3 is 14.7 Å². The molecule has 1 N–H and O–H groups in total. The van der Waals surface area contributed by atoms with Crippen molar-refractivity contribution in [2.24, 2.45) is 11.3 Å². The number of carbonyl (C=O) groups excluding carboxylic acids is 2. The Bertz CT molecular complexity index is 408. The Morgan fingerprint density at radius 2 is 1.89 bits per heavy atom. The first kappa shape index (κ1) is 15.5. The normalized spacial score (nSPS) is 23.1. The van der Waals surface area contributed by atoms with Crippen LogP contribution in [0.5, 0.6) is 0 Å². The molecule has 1 aliphatic heterocycles. The number of piperidine rings is 1. The number of ketones is 1. The molecule has 1 atom stereocenters. The van der Waals surface area contributed by atoms with Crippen molar-refractivity contribution in [3.63, 3.8) is 0 Å². The Hall–Kier alpha value is -1.59. The van der Waals surface area contributed by atoms with Crippen LogP contribution in [0.1, 0.15) is 34.6 Å². The second-order valence-electron chi connectivity index (χ2n) is 6.50. The molecule has 1 amide bonds. The lowest BCUT2D eigenvalue weighted by Gasteiger charge is -2.40. The number of amides is 1. The SMILES string of the molecule is CC(C)(C)OC(=O)N1CC(C(=O)O)C(=O)C(C)(C)C1. The molecular formula is C13H21NO5. The first-order valence-corrected chi connectivity index (χ1v) is 6.19. The van der Waals surface area contributed by atoms with Crippen LogP contribution in [-0.4, -0.2) is 46.5 Å². The minimum atomic E-state index is -1.20. The van der Waals surface area contributed by atoms with Crippen LogP contribution < -0.4 is 0 Å². The summed E-state index contributed by atoms with van der Waals surface area (Å²) >= 11 is 0. The van der Waals surface area contributed by atoms with Gasteiger partial charge in [-0.05, 0) is 20.8 Å². The van der Waals surface area contributed by atoms with Crippen molar-refractivity contribution in [1.82, 2.24) is 4.90 Å². The summed E-state index contributed by atoms with van der Waals surface area (Å²) in [6.07, 6.45) is -0.584. The van der Waals surface area contributed by atoms with E-state index >= 15 is 0 Å². The number of ether oxygens (including phenoxy) is 1. The van der Waals surface area contributed by atoms with E-state index in [2.05, 4.69) is 0 Å². The van der Waals surface area contributed by atoms with Crippen LogP contribution in [0.3, 0.4) is 0 Å². The number of hydrogen-bond acceptors (Lipinski definition) is 4. The number of Topliss-reactive ketones (excluding diaryl/α,β-unsaturated/α-hetero) is 1. The summed E-state index contributed by atoms with van der Waals surface area (Å²) in [7, 11) is 0. The summed E-state index contributed by atoms with van der Waals surface area (Å²) < 4.78 is 5.22. The van der Waals surface area contributed by atoms with E-state index in [4.69, 9.17) is 9.84 Å². The van der Waals surface area contributed by atoms with E-state index in [1.807, 2.05) is 0 Å². The predicted molar refractivity (Wildman–Crippen MR) is 67.7 cm³/mol. The van der Waals surface area contributed by atoms with Gasteiger partial charge in [0.05, 0.1) is 0 Å². The average Bonchev–Trinajstić information content (AvgIpc) is 2.18. The number of likely N-dealkylation sites (tertiary alicyclic amines) is 1. The molecule has 0 radical (unpaired) electrons. The van der Waals surface area contributed by atoms with Crippen molar-refractivity contribution >= 4 is 17.8 Å². The van der Waals surface area contributed by atoms with Gasteiger partial charge in [0.2, 0.25) is 0 Å². The molecule has 1 aliphatic rings. The van der Waals surface area contributed by atoms with Crippen molar-refractivity contribution in [3.05, 3.63) is 0 Å². The van der Waals surface area contributed by atoms with Crippen LogP contribution in [0.15, 0.2) is 0 Å². The topological polar surface area (TPSA) is 83.9 Å². The van der Waals surface area contributed by atoms with Gasteiger partial charge in [-0.3, -0.25) is 9.59 Å². The molecule has 108 valence electrons. The van der Waals surface area contributed by atoms with Crippen molar-refractivity contribution in [1.29, 1.82) is 0 Å². The Balaban J connectivity index is 2.90. The summed E-state index contributed by atoms with van der Waals surface area (Å²) in [6, 6.07) is 0. The summed E-state index contributed by atoms with van der Waals surface area (Å²) in [5.74, 6) is -2.73. The van der Waals surface area contributed by atoms with E-state index in [9.17, 15) is 14.4 Å². The van der Waals surface area contributed by atoms with Gasteiger partial charge in [0, 0.05) is 18.5 Å². The smallest absolute Gasteiger partial charge is 0.410 e. The lowest BCUT2D eigenvalue weighted by molar-refractivity contribution is -0.153. The highest BCUT2D eigenvalue weighted by atomic mass is 16.6. The van der Waals surface area contributed by atoms with E-state index in [1.165, 1.54) is 4.90 Å². The molecule has 0 aromatic rings. The molecular weight excluding hydrogens is 250 g/mol. The first-order chi connectivity index (χ1) is 8.44. The van der Waals surface area contributed by atoms with Gasteiger partial charge in [0.1, 0.15) is 11.5 Å². The van der Waals surface area contributed by atoms with E-state index in [-0.39, 0.29) is 18.9 Å². The van der Waals surface area contributed by atoms with Gasteiger partial charge in [-0.15, -0.1) is 0 Å². The molecule has 6 heteroatoms. The molecule has 0 spiro atoms. The predicted octanol–water partition coefficient (Wildman–Crippen LogP) is 1.53.